The Balaban J connectivity index is 2.01. The maximum atomic E-state index is 6.63. The number of rotatable bonds is 3. The quantitative estimate of drug-likeness (QED) is 0.854. The minimum atomic E-state index is 0.0508. The van der Waals surface area contributed by atoms with E-state index in [0.29, 0.717) is 0 Å². The van der Waals surface area contributed by atoms with Gasteiger partial charge in [0, 0.05) is 16.3 Å². The number of hydrogen-bond acceptors (Lipinski definition) is 2. The number of halogens is 1. The van der Waals surface area contributed by atoms with Gasteiger partial charge < -0.3 is 5.73 Å². The van der Waals surface area contributed by atoms with Crippen LogP contribution < -0.4 is 5.73 Å². The molecular formula is C16H18ClNS. The zero-order valence-electron chi connectivity index (χ0n) is 10.8. The monoisotopic (exact) mass is 291 g/mol. The molecule has 1 aromatic heterocycles. The third-order valence-corrected chi connectivity index (χ3v) is 5.65. The maximum absolute atomic E-state index is 6.63. The molecule has 1 unspecified atom stereocenters. The van der Waals surface area contributed by atoms with Crippen molar-refractivity contribution in [3.05, 3.63) is 57.2 Å². The minimum absolute atomic E-state index is 0.0508. The fraction of sp³-hybridized carbons (Fsp3) is 0.375. The van der Waals surface area contributed by atoms with Crippen LogP contribution in [0.1, 0.15) is 42.2 Å². The van der Waals surface area contributed by atoms with Crippen LogP contribution in [0.4, 0.5) is 0 Å². The van der Waals surface area contributed by atoms with Crippen molar-refractivity contribution in [3.63, 3.8) is 0 Å². The Morgan fingerprint density at radius 2 is 1.74 bits per heavy atom. The molecule has 0 amide bonds. The molecule has 2 aromatic rings. The van der Waals surface area contributed by atoms with Gasteiger partial charge in [-0.15, -0.1) is 11.3 Å². The highest BCUT2D eigenvalue weighted by Crippen LogP contribution is 2.49. The second-order valence-corrected chi connectivity index (χ2v) is 7.10. The first-order valence-corrected chi connectivity index (χ1v) is 7.98. The highest BCUT2D eigenvalue weighted by Gasteiger charge is 2.42. The van der Waals surface area contributed by atoms with Crippen molar-refractivity contribution >= 4 is 22.9 Å². The molecule has 2 N–H and O–H groups in total. The van der Waals surface area contributed by atoms with Crippen molar-refractivity contribution in [1.29, 1.82) is 0 Å². The van der Waals surface area contributed by atoms with Crippen molar-refractivity contribution in [2.75, 3.05) is 0 Å². The van der Waals surface area contributed by atoms with Crippen LogP contribution in [0, 0.1) is 0 Å². The van der Waals surface area contributed by atoms with Gasteiger partial charge in [0.1, 0.15) is 0 Å². The van der Waals surface area contributed by atoms with Gasteiger partial charge in [0.15, 0.2) is 0 Å². The third-order valence-electron chi connectivity index (χ3n) is 4.34. The predicted molar refractivity (Wildman–Crippen MR) is 82.8 cm³/mol. The first-order valence-electron chi connectivity index (χ1n) is 6.79. The zero-order valence-corrected chi connectivity index (χ0v) is 12.4. The summed E-state index contributed by atoms with van der Waals surface area (Å²) < 4.78 is 0.826. The van der Waals surface area contributed by atoms with E-state index in [0.717, 1.165) is 4.34 Å². The minimum Gasteiger partial charge on any atom is -0.323 e. The maximum Gasteiger partial charge on any atom is 0.0931 e. The predicted octanol–water partition coefficient (Wildman–Crippen LogP) is 4.91. The Morgan fingerprint density at radius 1 is 1.05 bits per heavy atom. The fourth-order valence-corrected chi connectivity index (χ4v) is 4.50. The summed E-state index contributed by atoms with van der Waals surface area (Å²) in [5, 5.41) is 0. The van der Waals surface area contributed by atoms with Gasteiger partial charge in [-0.1, -0.05) is 54.8 Å². The Bertz CT molecular complexity index is 543. The molecule has 0 radical (unpaired) electrons. The van der Waals surface area contributed by atoms with Crippen LogP contribution in [0.5, 0.6) is 0 Å². The lowest BCUT2D eigenvalue weighted by Gasteiger charge is -2.35. The van der Waals surface area contributed by atoms with Crippen LogP contribution in [0.3, 0.4) is 0 Å². The van der Waals surface area contributed by atoms with Crippen LogP contribution in [0.2, 0.25) is 4.34 Å². The van der Waals surface area contributed by atoms with E-state index in [1.165, 1.54) is 36.1 Å². The van der Waals surface area contributed by atoms with Gasteiger partial charge in [-0.05, 0) is 30.5 Å². The largest absolute Gasteiger partial charge is 0.323 e. The molecule has 1 atom stereocenters. The normalized spacial score (nSPS) is 19.5. The topological polar surface area (TPSA) is 26.0 Å². The van der Waals surface area contributed by atoms with Gasteiger partial charge in [-0.2, -0.15) is 0 Å². The standard InChI is InChI=1S/C16H18ClNS/c17-14-9-8-13(19-14)15(18)16(10-4-5-11-16)12-6-2-1-3-7-12/h1-3,6-9,15H,4-5,10-11,18H2. The number of nitrogens with two attached hydrogens (primary N) is 1. The summed E-state index contributed by atoms with van der Waals surface area (Å²) in [6, 6.07) is 14.8. The SMILES string of the molecule is NC(c1ccc(Cl)s1)C1(c2ccccc2)CCCC1. The molecule has 19 heavy (non-hydrogen) atoms. The first kappa shape index (κ1) is 13.2. The van der Waals surface area contributed by atoms with Gasteiger partial charge >= 0.3 is 0 Å². The molecule has 0 bridgehead atoms. The smallest absolute Gasteiger partial charge is 0.0931 e. The molecule has 1 aliphatic rings. The van der Waals surface area contributed by atoms with E-state index >= 15 is 0 Å². The third kappa shape index (κ3) is 2.33. The van der Waals surface area contributed by atoms with Crippen LogP contribution in [0.15, 0.2) is 42.5 Å². The lowest BCUT2D eigenvalue weighted by atomic mass is 9.72. The molecular weight excluding hydrogens is 274 g/mol. The average molecular weight is 292 g/mol. The summed E-state index contributed by atoms with van der Waals surface area (Å²) >= 11 is 7.68. The van der Waals surface area contributed by atoms with Crippen molar-refractivity contribution < 1.29 is 0 Å². The van der Waals surface area contributed by atoms with Gasteiger partial charge in [-0.3, -0.25) is 0 Å². The lowest BCUT2D eigenvalue weighted by molar-refractivity contribution is 0.360. The second-order valence-electron chi connectivity index (χ2n) is 5.35. The number of benzene rings is 1. The Kier molecular flexibility index (Phi) is 3.66. The van der Waals surface area contributed by atoms with Gasteiger partial charge in [0.05, 0.1) is 4.34 Å². The zero-order chi connectivity index (χ0) is 13.3. The van der Waals surface area contributed by atoms with Crippen LogP contribution >= 0.6 is 22.9 Å². The van der Waals surface area contributed by atoms with E-state index in [1.807, 2.05) is 6.07 Å². The fourth-order valence-electron chi connectivity index (χ4n) is 3.32. The van der Waals surface area contributed by atoms with E-state index in [2.05, 4.69) is 36.4 Å². The molecule has 1 nitrogen and oxygen atoms in total. The highest BCUT2D eigenvalue weighted by molar-refractivity contribution is 7.16. The Hall–Kier alpha value is -0.830. The van der Waals surface area contributed by atoms with Crippen molar-refractivity contribution in [1.82, 2.24) is 0 Å². The summed E-state index contributed by atoms with van der Waals surface area (Å²) in [6.45, 7) is 0. The number of hydrogen-bond donors (Lipinski definition) is 1. The molecule has 1 saturated carbocycles. The molecule has 1 fully saturated rings. The van der Waals surface area contributed by atoms with Crippen LogP contribution in [-0.2, 0) is 5.41 Å². The molecule has 0 spiro atoms. The van der Waals surface area contributed by atoms with Crippen molar-refractivity contribution in [3.8, 4) is 0 Å². The van der Waals surface area contributed by atoms with Crippen molar-refractivity contribution in [2.24, 2.45) is 5.73 Å². The summed E-state index contributed by atoms with van der Waals surface area (Å²) in [6.07, 6.45) is 4.88. The summed E-state index contributed by atoms with van der Waals surface area (Å²) in [5.41, 5.74) is 8.10. The second kappa shape index (κ2) is 5.28. The van der Waals surface area contributed by atoms with E-state index in [-0.39, 0.29) is 11.5 Å². The number of thiophene rings is 1. The van der Waals surface area contributed by atoms with Crippen molar-refractivity contribution in [2.45, 2.75) is 37.1 Å². The molecule has 100 valence electrons. The van der Waals surface area contributed by atoms with E-state index < -0.39 is 0 Å². The average Bonchev–Trinajstić information content (AvgIpc) is 3.08. The van der Waals surface area contributed by atoms with Crippen LogP contribution in [0.25, 0.3) is 0 Å². The van der Waals surface area contributed by atoms with E-state index in [9.17, 15) is 0 Å². The van der Waals surface area contributed by atoms with E-state index in [4.69, 9.17) is 17.3 Å². The Labute approximate surface area is 123 Å². The molecule has 1 heterocycles. The van der Waals surface area contributed by atoms with Gasteiger partial charge in [-0.25, -0.2) is 0 Å². The molecule has 3 heteroatoms. The van der Waals surface area contributed by atoms with Gasteiger partial charge in [0.2, 0.25) is 0 Å². The molecule has 1 aromatic carbocycles. The summed E-state index contributed by atoms with van der Waals surface area (Å²) in [5.74, 6) is 0. The molecule has 1 aliphatic carbocycles. The van der Waals surface area contributed by atoms with Gasteiger partial charge in [0.25, 0.3) is 0 Å². The molecule has 0 aliphatic heterocycles. The first-order chi connectivity index (χ1) is 9.22. The molecule has 3 rings (SSSR count). The highest BCUT2D eigenvalue weighted by atomic mass is 35.5. The summed E-state index contributed by atoms with van der Waals surface area (Å²) in [7, 11) is 0. The summed E-state index contributed by atoms with van der Waals surface area (Å²) in [4.78, 5) is 1.20. The molecule has 0 saturated heterocycles. The van der Waals surface area contributed by atoms with Crippen LogP contribution in [-0.4, -0.2) is 0 Å². The Morgan fingerprint density at radius 3 is 2.32 bits per heavy atom. The van der Waals surface area contributed by atoms with E-state index in [1.54, 1.807) is 11.3 Å². The lowest BCUT2D eigenvalue weighted by Crippen LogP contribution is -2.35.